The van der Waals surface area contributed by atoms with Gasteiger partial charge >= 0.3 is 6.03 Å². The molecule has 152 valence electrons. The Bertz CT molecular complexity index is 901. The lowest BCUT2D eigenvalue weighted by atomic mass is 9.92. The molecule has 2 N–H and O–H groups in total. The molecule has 0 radical (unpaired) electrons. The predicted molar refractivity (Wildman–Crippen MR) is 106 cm³/mol. The van der Waals surface area contributed by atoms with E-state index in [1.807, 2.05) is 37.3 Å². The molecule has 2 aromatic rings. The highest BCUT2D eigenvalue weighted by atomic mass is 19.1. The topological polar surface area (TPSA) is 78.5 Å². The van der Waals surface area contributed by atoms with Crippen LogP contribution in [0.4, 0.5) is 9.18 Å². The first-order valence-corrected chi connectivity index (χ1v) is 9.53. The summed E-state index contributed by atoms with van der Waals surface area (Å²) in [5.41, 5.74) is 0.304. The molecule has 0 aromatic heterocycles. The molecule has 2 atom stereocenters. The minimum atomic E-state index is -1.33. The highest BCUT2D eigenvalue weighted by Crippen LogP contribution is 2.28. The van der Waals surface area contributed by atoms with Crippen LogP contribution in [0, 0.1) is 5.82 Å². The van der Waals surface area contributed by atoms with E-state index in [4.69, 9.17) is 0 Å². The second kappa shape index (κ2) is 8.43. The van der Waals surface area contributed by atoms with E-state index >= 15 is 0 Å². The van der Waals surface area contributed by atoms with Crippen molar-refractivity contribution in [1.29, 1.82) is 0 Å². The number of aryl methyl sites for hydroxylation is 1. The van der Waals surface area contributed by atoms with E-state index in [2.05, 4.69) is 10.6 Å². The molecular formula is C22H24FN3O3. The molecular weight excluding hydrogens is 373 g/mol. The molecule has 3 rings (SSSR count). The number of urea groups is 1. The molecule has 2 aromatic carbocycles. The lowest BCUT2D eigenvalue weighted by molar-refractivity contribution is -0.135. The van der Waals surface area contributed by atoms with E-state index in [0.29, 0.717) is 5.56 Å². The fraction of sp³-hybridized carbons (Fsp3) is 0.318. The number of hydrogen-bond donors (Lipinski definition) is 2. The van der Waals surface area contributed by atoms with Gasteiger partial charge in [0.25, 0.3) is 5.91 Å². The molecule has 29 heavy (non-hydrogen) atoms. The quantitative estimate of drug-likeness (QED) is 0.705. The maximum Gasteiger partial charge on any atom is 0.325 e. The fourth-order valence-electron chi connectivity index (χ4n) is 3.38. The standard InChI is InChI=1S/C22H24FN3O3/c1-15(8-9-16-6-4-3-5-7-16)24-19(27)14-26-20(28)22(2,25-21(26)29)17-10-12-18(23)13-11-17/h3-7,10-13,15H,8-9,14H2,1-2H3,(H,24,27)(H,25,29). The van der Waals surface area contributed by atoms with Crippen molar-refractivity contribution in [2.45, 2.75) is 38.3 Å². The number of carbonyl (C=O) groups excluding carboxylic acids is 3. The Labute approximate surface area is 169 Å². The molecule has 2 unspecified atom stereocenters. The zero-order valence-electron chi connectivity index (χ0n) is 16.4. The van der Waals surface area contributed by atoms with E-state index in [-0.39, 0.29) is 12.6 Å². The number of hydrogen-bond acceptors (Lipinski definition) is 3. The van der Waals surface area contributed by atoms with Crippen LogP contribution in [0.1, 0.15) is 31.4 Å². The van der Waals surface area contributed by atoms with Crippen LogP contribution in [0.3, 0.4) is 0 Å². The van der Waals surface area contributed by atoms with Crippen LogP contribution in [0.5, 0.6) is 0 Å². The minimum Gasteiger partial charge on any atom is -0.352 e. The number of rotatable bonds is 7. The van der Waals surface area contributed by atoms with E-state index in [1.54, 1.807) is 6.92 Å². The first kappa shape index (κ1) is 20.5. The number of amides is 4. The summed E-state index contributed by atoms with van der Waals surface area (Å²) in [5.74, 6) is -1.38. The summed E-state index contributed by atoms with van der Waals surface area (Å²) < 4.78 is 13.2. The molecule has 0 bridgehead atoms. The van der Waals surface area contributed by atoms with Crippen LogP contribution in [-0.4, -0.2) is 35.3 Å². The molecule has 1 aliphatic heterocycles. The highest BCUT2D eigenvalue weighted by molar-refractivity contribution is 6.09. The molecule has 1 saturated heterocycles. The average Bonchev–Trinajstić information content (AvgIpc) is 2.91. The van der Waals surface area contributed by atoms with Gasteiger partial charge in [-0.2, -0.15) is 0 Å². The normalized spacial score (nSPS) is 19.8. The molecule has 6 nitrogen and oxygen atoms in total. The van der Waals surface area contributed by atoms with Gasteiger partial charge in [0.1, 0.15) is 17.9 Å². The fourth-order valence-corrected chi connectivity index (χ4v) is 3.38. The lowest BCUT2D eigenvalue weighted by Gasteiger charge is -2.22. The predicted octanol–water partition coefficient (Wildman–Crippen LogP) is 2.73. The van der Waals surface area contributed by atoms with E-state index in [9.17, 15) is 18.8 Å². The van der Waals surface area contributed by atoms with E-state index in [0.717, 1.165) is 17.7 Å². The van der Waals surface area contributed by atoms with Gasteiger partial charge < -0.3 is 10.6 Å². The van der Waals surface area contributed by atoms with E-state index < -0.39 is 29.2 Å². The maximum atomic E-state index is 13.2. The number of nitrogens with zero attached hydrogens (tertiary/aromatic N) is 1. The van der Waals surface area contributed by atoms with Crippen LogP contribution in [0.25, 0.3) is 0 Å². The Hall–Kier alpha value is -3.22. The summed E-state index contributed by atoms with van der Waals surface area (Å²) in [6.07, 6.45) is 1.55. The Balaban J connectivity index is 1.58. The lowest BCUT2D eigenvalue weighted by Crippen LogP contribution is -2.45. The van der Waals surface area contributed by atoms with Crippen LogP contribution >= 0.6 is 0 Å². The van der Waals surface area contributed by atoms with Crippen LogP contribution in [0.15, 0.2) is 54.6 Å². The van der Waals surface area contributed by atoms with Gasteiger partial charge in [0.05, 0.1) is 0 Å². The number of halogens is 1. The Morgan fingerprint density at radius 3 is 2.45 bits per heavy atom. The van der Waals surface area contributed by atoms with Crippen LogP contribution in [-0.2, 0) is 21.5 Å². The summed E-state index contributed by atoms with van der Waals surface area (Å²) >= 11 is 0. The van der Waals surface area contributed by atoms with Crippen LogP contribution in [0.2, 0.25) is 0 Å². The first-order valence-electron chi connectivity index (χ1n) is 9.53. The third-order valence-corrected chi connectivity index (χ3v) is 5.11. The van der Waals surface area contributed by atoms with Gasteiger partial charge in [0.2, 0.25) is 5.91 Å². The molecule has 1 aliphatic rings. The van der Waals surface area contributed by atoms with Crippen molar-refractivity contribution in [2.75, 3.05) is 6.54 Å². The largest absolute Gasteiger partial charge is 0.352 e. The maximum absolute atomic E-state index is 13.2. The summed E-state index contributed by atoms with van der Waals surface area (Å²) in [6, 6.07) is 14.5. The Morgan fingerprint density at radius 1 is 1.14 bits per heavy atom. The monoisotopic (exact) mass is 397 g/mol. The van der Waals surface area contributed by atoms with Crippen molar-refractivity contribution in [1.82, 2.24) is 15.5 Å². The molecule has 0 aliphatic carbocycles. The molecule has 1 fully saturated rings. The first-order chi connectivity index (χ1) is 13.8. The van der Waals surface area contributed by atoms with Gasteiger partial charge in [-0.1, -0.05) is 42.5 Å². The molecule has 1 heterocycles. The smallest absolute Gasteiger partial charge is 0.325 e. The van der Waals surface area contributed by atoms with E-state index in [1.165, 1.54) is 29.8 Å². The SMILES string of the molecule is CC(CCc1ccccc1)NC(=O)CN1C(=O)NC(C)(c2ccc(F)cc2)C1=O. The molecule has 0 saturated carbocycles. The third kappa shape index (κ3) is 4.62. The summed E-state index contributed by atoms with van der Waals surface area (Å²) in [5, 5.41) is 5.44. The van der Waals surface area contributed by atoms with Crippen LogP contribution < -0.4 is 10.6 Å². The van der Waals surface area contributed by atoms with Gasteiger partial charge in [0, 0.05) is 6.04 Å². The van der Waals surface area contributed by atoms with Crippen molar-refractivity contribution in [3.63, 3.8) is 0 Å². The van der Waals surface area contributed by atoms with Crippen molar-refractivity contribution >= 4 is 17.8 Å². The Kier molecular flexibility index (Phi) is 5.96. The summed E-state index contributed by atoms with van der Waals surface area (Å²) in [7, 11) is 0. The zero-order valence-corrected chi connectivity index (χ0v) is 16.4. The number of benzene rings is 2. The second-order valence-electron chi connectivity index (χ2n) is 7.45. The van der Waals surface area contributed by atoms with Crippen molar-refractivity contribution < 1.29 is 18.8 Å². The highest BCUT2D eigenvalue weighted by Gasteiger charge is 2.49. The zero-order chi connectivity index (χ0) is 21.0. The van der Waals surface area contributed by atoms with Crippen molar-refractivity contribution in [2.24, 2.45) is 0 Å². The third-order valence-electron chi connectivity index (χ3n) is 5.11. The summed E-state index contributed by atoms with van der Waals surface area (Å²) in [6.45, 7) is 3.06. The second-order valence-corrected chi connectivity index (χ2v) is 7.45. The Morgan fingerprint density at radius 2 is 1.79 bits per heavy atom. The number of carbonyl (C=O) groups is 3. The van der Waals surface area contributed by atoms with Gasteiger partial charge in [-0.15, -0.1) is 0 Å². The van der Waals surface area contributed by atoms with Gasteiger partial charge in [-0.3, -0.25) is 14.5 Å². The number of imide groups is 1. The number of nitrogens with one attached hydrogen (secondary N) is 2. The van der Waals surface area contributed by atoms with Crippen molar-refractivity contribution in [3.8, 4) is 0 Å². The van der Waals surface area contributed by atoms with Gasteiger partial charge in [-0.05, 0) is 49.9 Å². The summed E-state index contributed by atoms with van der Waals surface area (Å²) in [4.78, 5) is 38.4. The molecule has 4 amide bonds. The molecule has 7 heteroatoms. The van der Waals surface area contributed by atoms with Crippen molar-refractivity contribution in [3.05, 3.63) is 71.5 Å². The molecule has 0 spiro atoms. The van der Waals surface area contributed by atoms with Gasteiger partial charge in [0.15, 0.2) is 0 Å². The van der Waals surface area contributed by atoms with Gasteiger partial charge in [-0.25, -0.2) is 9.18 Å². The minimum absolute atomic E-state index is 0.105. The average molecular weight is 397 g/mol.